The first-order chi connectivity index (χ1) is 10.0. The number of nitrogens with two attached hydrogens (primary N) is 1. The van der Waals surface area contributed by atoms with E-state index in [0.717, 1.165) is 0 Å². The number of ether oxygens (including phenoxy) is 1. The van der Waals surface area contributed by atoms with Crippen LogP contribution in [0.4, 0.5) is 9.18 Å². The van der Waals surface area contributed by atoms with E-state index in [0.29, 0.717) is 11.3 Å². The van der Waals surface area contributed by atoms with E-state index in [1.165, 1.54) is 23.1 Å². The largest absolute Gasteiger partial charge is 0.489 e. The van der Waals surface area contributed by atoms with Crippen LogP contribution in [0.15, 0.2) is 18.2 Å². The van der Waals surface area contributed by atoms with Gasteiger partial charge in [-0.3, -0.25) is 4.90 Å². The molecule has 132 valence electrons. The monoisotopic (exact) mass is 348 g/mol. The fourth-order valence-electron chi connectivity index (χ4n) is 2.13. The zero-order valence-electron chi connectivity index (χ0n) is 14.2. The Bertz CT molecular complexity index is 533. The van der Waals surface area contributed by atoms with Crippen molar-refractivity contribution in [2.45, 2.75) is 52.3 Å². The molecule has 1 aromatic rings. The molecule has 1 aromatic carbocycles. The van der Waals surface area contributed by atoms with Gasteiger partial charge in [-0.2, -0.15) is 0 Å². The average Bonchev–Trinajstić information content (AvgIpc) is 2.36. The molecule has 0 saturated heterocycles. The number of hydrogen-bond acceptors (Lipinski definition) is 3. The van der Waals surface area contributed by atoms with Gasteiger partial charge >= 0.3 is 6.09 Å². The van der Waals surface area contributed by atoms with Crippen LogP contribution in [-0.2, 0) is 0 Å². The van der Waals surface area contributed by atoms with E-state index in [2.05, 4.69) is 0 Å². The van der Waals surface area contributed by atoms with Gasteiger partial charge < -0.3 is 15.6 Å². The number of amides is 1. The fraction of sp³-hybridized carbons (Fsp3) is 0.562. The summed E-state index contributed by atoms with van der Waals surface area (Å²) >= 11 is 0. The minimum Gasteiger partial charge on any atom is -0.489 e. The number of benzene rings is 1. The van der Waals surface area contributed by atoms with E-state index in [-0.39, 0.29) is 30.8 Å². The molecule has 0 unspecified atom stereocenters. The fourth-order valence-corrected chi connectivity index (χ4v) is 2.13. The van der Waals surface area contributed by atoms with Gasteiger partial charge in [0.1, 0.15) is 17.7 Å². The minimum absolute atomic E-state index is 0. The lowest BCUT2D eigenvalue weighted by Gasteiger charge is -2.35. The van der Waals surface area contributed by atoms with Crippen LogP contribution in [0.5, 0.6) is 5.75 Å². The number of carbonyl (C=O) groups is 1. The highest BCUT2D eigenvalue weighted by Crippen LogP contribution is 2.26. The molecule has 0 spiro atoms. The van der Waals surface area contributed by atoms with E-state index in [1.807, 2.05) is 20.8 Å². The molecule has 0 fully saturated rings. The SMILES string of the molecule is C[C@@H](CN(C(=O)O)C(C)(C)C)Oc1ccc(F)cc1[C@@H](C)N.Cl. The molecular formula is C16H26ClFN2O3. The van der Waals surface area contributed by atoms with Crippen LogP contribution < -0.4 is 10.5 Å². The lowest BCUT2D eigenvalue weighted by atomic mass is 10.1. The van der Waals surface area contributed by atoms with Gasteiger partial charge in [-0.1, -0.05) is 0 Å². The second-order valence-corrected chi connectivity index (χ2v) is 6.46. The zero-order chi connectivity index (χ0) is 17.1. The summed E-state index contributed by atoms with van der Waals surface area (Å²) in [5.74, 6) is 0.0947. The van der Waals surface area contributed by atoms with E-state index in [4.69, 9.17) is 10.5 Å². The first kappa shape index (κ1) is 21.5. The molecule has 2 atom stereocenters. The Hall–Kier alpha value is -1.53. The summed E-state index contributed by atoms with van der Waals surface area (Å²) in [5.41, 5.74) is 5.85. The molecule has 0 aliphatic rings. The summed E-state index contributed by atoms with van der Waals surface area (Å²) < 4.78 is 19.1. The molecule has 0 aliphatic carbocycles. The molecule has 0 aromatic heterocycles. The van der Waals surface area contributed by atoms with E-state index in [1.54, 1.807) is 13.8 Å². The Morgan fingerprint density at radius 1 is 1.39 bits per heavy atom. The number of hydrogen-bond donors (Lipinski definition) is 2. The van der Waals surface area contributed by atoms with Crippen LogP contribution >= 0.6 is 12.4 Å². The molecule has 23 heavy (non-hydrogen) atoms. The molecule has 0 saturated carbocycles. The molecule has 3 N–H and O–H groups in total. The van der Waals surface area contributed by atoms with Gasteiger partial charge in [0.05, 0.1) is 6.54 Å². The van der Waals surface area contributed by atoms with E-state index in [9.17, 15) is 14.3 Å². The van der Waals surface area contributed by atoms with Gasteiger partial charge in [0.2, 0.25) is 0 Å². The topological polar surface area (TPSA) is 75.8 Å². The van der Waals surface area contributed by atoms with E-state index < -0.39 is 17.7 Å². The van der Waals surface area contributed by atoms with Crippen molar-refractivity contribution < 1.29 is 19.0 Å². The second-order valence-electron chi connectivity index (χ2n) is 6.46. The predicted octanol–water partition coefficient (Wildman–Crippen LogP) is 3.81. The molecule has 5 nitrogen and oxygen atoms in total. The average molecular weight is 349 g/mol. The van der Waals surface area contributed by atoms with Crippen molar-refractivity contribution in [3.8, 4) is 5.75 Å². The van der Waals surface area contributed by atoms with Crippen LogP contribution in [0, 0.1) is 5.82 Å². The maximum atomic E-state index is 13.3. The third-order valence-corrected chi connectivity index (χ3v) is 3.27. The van der Waals surface area contributed by atoms with Crippen molar-refractivity contribution >= 4 is 18.5 Å². The molecule has 0 aliphatic heterocycles. The lowest BCUT2D eigenvalue weighted by molar-refractivity contribution is 0.0692. The molecule has 7 heteroatoms. The van der Waals surface area contributed by atoms with Crippen LogP contribution in [0.2, 0.25) is 0 Å². The van der Waals surface area contributed by atoms with Crippen molar-refractivity contribution in [2.24, 2.45) is 5.73 Å². The van der Waals surface area contributed by atoms with Crippen molar-refractivity contribution in [3.05, 3.63) is 29.6 Å². The Labute approximate surface area is 143 Å². The Balaban J connectivity index is 0.00000484. The molecule has 1 rings (SSSR count). The second kappa shape index (κ2) is 8.36. The first-order valence-electron chi connectivity index (χ1n) is 7.24. The molecule has 0 heterocycles. The van der Waals surface area contributed by atoms with Gasteiger partial charge in [0.15, 0.2) is 0 Å². The highest BCUT2D eigenvalue weighted by Gasteiger charge is 2.28. The van der Waals surface area contributed by atoms with Gasteiger partial charge in [0, 0.05) is 17.1 Å². The first-order valence-corrected chi connectivity index (χ1v) is 7.24. The van der Waals surface area contributed by atoms with Crippen molar-refractivity contribution in [1.82, 2.24) is 4.90 Å². The number of carboxylic acid groups (broad SMARTS) is 1. The standard InChI is InChI=1S/C16H25FN2O3.ClH/c1-10(9-19(15(20)21)16(3,4)5)22-14-7-6-12(17)8-13(14)11(2)18;/h6-8,10-11H,9,18H2,1-5H3,(H,20,21);1H/t10-,11+;/m0./s1. The summed E-state index contributed by atoms with van der Waals surface area (Å²) in [6.07, 6.45) is -1.40. The highest BCUT2D eigenvalue weighted by molar-refractivity contribution is 5.85. The van der Waals surface area contributed by atoms with Crippen LogP contribution in [0.3, 0.4) is 0 Å². The van der Waals surface area contributed by atoms with E-state index >= 15 is 0 Å². The van der Waals surface area contributed by atoms with Crippen LogP contribution in [0.1, 0.15) is 46.2 Å². The van der Waals surface area contributed by atoms with Gasteiger partial charge in [0.25, 0.3) is 0 Å². The quantitative estimate of drug-likeness (QED) is 0.848. The summed E-state index contributed by atoms with van der Waals surface area (Å²) in [7, 11) is 0. The number of nitrogens with zero attached hydrogens (tertiary/aromatic N) is 1. The molecular weight excluding hydrogens is 323 g/mol. The van der Waals surface area contributed by atoms with Crippen LogP contribution in [0.25, 0.3) is 0 Å². The maximum absolute atomic E-state index is 13.3. The summed E-state index contributed by atoms with van der Waals surface area (Å²) in [6.45, 7) is 9.17. The molecule has 0 bridgehead atoms. The highest BCUT2D eigenvalue weighted by atomic mass is 35.5. The van der Waals surface area contributed by atoms with Crippen molar-refractivity contribution in [2.75, 3.05) is 6.54 Å². The van der Waals surface area contributed by atoms with Gasteiger partial charge in [-0.25, -0.2) is 9.18 Å². The summed E-state index contributed by atoms with van der Waals surface area (Å²) in [4.78, 5) is 12.7. The third kappa shape index (κ3) is 6.23. The minimum atomic E-state index is -1.01. The maximum Gasteiger partial charge on any atom is 0.407 e. The Morgan fingerprint density at radius 2 is 1.96 bits per heavy atom. The Kier molecular flexibility index (Phi) is 7.80. The summed E-state index contributed by atoms with van der Waals surface area (Å²) in [5, 5.41) is 9.30. The van der Waals surface area contributed by atoms with Crippen LogP contribution in [-0.4, -0.2) is 34.3 Å². The Morgan fingerprint density at radius 3 is 2.39 bits per heavy atom. The lowest BCUT2D eigenvalue weighted by Crippen LogP contribution is -2.49. The molecule has 0 radical (unpaired) electrons. The van der Waals surface area contributed by atoms with Crippen molar-refractivity contribution in [1.29, 1.82) is 0 Å². The third-order valence-electron chi connectivity index (χ3n) is 3.27. The normalized spacial score (nSPS) is 13.7. The number of rotatable bonds is 5. The zero-order valence-corrected chi connectivity index (χ0v) is 15.0. The number of halogens is 2. The predicted molar refractivity (Wildman–Crippen MR) is 90.8 cm³/mol. The van der Waals surface area contributed by atoms with Crippen molar-refractivity contribution in [3.63, 3.8) is 0 Å². The summed E-state index contributed by atoms with van der Waals surface area (Å²) in [6, 6.07) is 3.78. The molecule has 1 amide bonds. The van der Waals surface area contributed by atoms with Gasteiger partial charge in [-0.15, -0.1) is 12.4 Å². The smallest absolute Gasteiger partial charge is 0.407 e. The van der Waals surface area contributed by atoms with Gasteiger partial charge in [-0.05, 0) is 52.8 Å².